The lowest BCUT2D eigenvalue weighted by molar-refractivity contribution is -0.169. The molecule has 1 aromatic heterocycles. The Balaban J connectivity index is 1.65. The van der Waals surface area contributed by atoms with E-state index in [0.717, 1.165) is 36.4 Å². The molecule has 0 amide bonds. The van der Waals surface area contributed by atoms with Gasteiger partial charge in [0.25, 0.3) is 0 Å². The molecular weight excluding hydrogens is 304 g/mol. The Bertz CT molecular complexity index is 652. The summed E-state index contributed by atoms with van der Waals surface area (Å²) in [5.74, 6) is -0.954. The molecule has 0 bridgehead atoms. The van der Waals surface area contributed by atoms with Crippen molar-refractivity contribution >= 4 is 17.3 Å². The molecule has 2 heterocycles. The Hall–Kier alpha value is -1.83. The standard InChI is InChI=1S/C15H16N2O4S/c18-15(19)11-5-3-4-10(8-11)14-17-16-12(22-14)9-21-13-6-1-2-7-20-13/h3-5,8,13H,1-2,6-7,9H2,(H,18,19). The lowest BCUT2D eigenvalue weighted by atomic mass is 10.1. The van der Waals surface area contributed by atoms with E-state index < -0.39 is 5.97 Å². The highest BCUT2D eigenvalue weighted by molar-refractivity contribution is 7.14. The summed E-state index contributed by atoms with van der Waals surface area (Å²) in [6, 6.07) is 6.67. The summed E-state index contributed by atoms with van der Waals surface area (Å²) < 4.78 is 11.2. The molecular formula is C15H16N2O4S. The predicted octanol–water partition coefficient (Wildman–Crippen LogP) is 2.95. The predicted molar refractivity (Wildman–Crippen MR) is 80.7 cm³/mol. The van der Waals surface area contributed by atoms with Crippen LogP contribution in [0, 0.1) is 0 Å². The summed E-state index contributed by atoms with van der Waals surface area (Å²) in [5, 5.41) is 18.7. The molecule has 1 atom stereocenters. The van der Waals surface area contributed by atoms with Gasteiger partial charge in [-0.25, -0.2) is 4.79 Å². The third-order valence-electron chi connectivity index (χ3n) is 3.35. The Morgan fingerprint density at radius 2 is 2.32 bits per heavy atom. The minimum Gasteiger partial charge on any atom is -0.478 e. The maximum Gasteiger partial charge on any atom is 0.335 e. The first-order chi connectivity index (χ1) is 10.7. The van der Waals surface area contributed by atoms with Crippen LogP contribution >= 0.6 is 11.3 Å². The number of carboxylic acid groups (broad SMARTS) is 1. The zero-order chi connectivity index (χ0) is 15.4. The van der Waals surface area contributed by atoms with Crippen molar-refractivity contribution in [2.45, 2.75) is 32.2 Å². The maximum atomic E-state index is 11.0. The van der Waals surface area contributed by atoms with Gasteiger partial charge in [-0.05, 0) is 31.4 Å². The van der Waals surface area contributed by atoms with Crippen molar-refractivity contribution in [3.63, 3.8) is 0 Å². The lowest BCUT2D eigenvalue weighted by Crippen LogP contribution is -2.21. The van der Waals surface area contributed by atoms with Crippen molar-refractivity contribution in [2.24, 2.45) is 0 Å². The first-order valence-electron chi connectivity index (χ1n) is 7.12. The second-order valence-electron chi connectivity index (χ2n) is 4.99. The molecule has 0 saturated carbocycles. The average molecular weight is 320 g/mol. The van der Waals surface area contributed by atoms with E-state index in [-0.39, 0.29) is 11.9 Å². The zero-order valence-corrected chi connectivity index (χ0v) is 12.7. The van der Waals surface area contributed by atoms with Crippen LogP contribution in [0.15, 0.2) is 24.3 Å². The second-order valence-corrected chi connectivity index (χ2v) is 6.06. The minimum atomic E-state index is -0.954. The molecule has 116 valence electrons. The first kappa shape index (κ1) is 15.1. The summed E-state index contributed by atoms with van der Waals surface area (Å²) in [4.78, 5) is 11.0. The van der Waals surface area contributed by atoms with Crippen LogP contribution in [0.4, 0.5) is 0 Å². The van der Waals surface area contributed by atoms with Gasteiger partial charge in [0.05, 0.1) is 5.56 Å². The highest BCUT2D eigenvalue weighted by Crippen LogP contribution is 2.25. The Labute approximate surface area is 131 Å². The Kier molecular flexibility index (Phi) is 4.77. The lowest BCUT2D eigenvalue weighted by Gasteiger charge is -2.21. The zero-order valence-electron chi connectivity index (χ0n) is 11.9. The fourth-order valence-electron chi connectivity index (χ4n) is 2.22. The van der Waals surface area contributed by atoms with Crippen molar-refractivity contribution in [2.75, 3.05) is 6.61 Å². The number of carboxylic acids is 1. The number of benzene rings is 1. The van der Waals surface area contributed by atoms with Gasteiger partial charge in [0.2, 0.25) is 0 Å². The maximum absolute atomic E-state index is 11.0. The number of rotatable bonds is 5. The number of hydrogen-bond donors (Lipinski definition) is 1. The van der Waals surface area contributed by atoms with Crippen LogP contribution in [0.25, 0.3) is 10.6 Å². The van der Waals surface area contributed by atoms with Crippen LogP contribution in [-0.4, -0.2) is 34.2 Å². The van der Waals surface area contributed by atoms with E-state index >= 15 is 0 Å². The highest BCUT2D eigenvalue weighted by Gasteiger charge is 2.16. The van der Waals surface area contributed by atoms with E-state index in [1.54, 1.807) is 18.2 Å². The third kappa shape index (κ3) is 3.68. The molecule has 1 N–H and O–H groups in total. The molecule has 1 aliphatic heterocycles. The van der Waals surface area contributed by atoms with Gasteiger partial charge in [0.15, 0.2) is 6.29 Å². The third-order valence-corrected chi connectivity index (χ3v) is 4.30. The van der Waals surface area contributed by atoms with Crippen LogP contribution in [-0.2, 0) is 16.1 Å². The van der Waals surface area contributed by atoms with E-state index in [1.807, 2.05) is 6.07 Å². The highest BCUT2D eigenvalue weighted by atomic mass is 32.1. The van der Waals surface area contributed by atoms with Gasteiger partial charge in [-0.15, -0.1) is 10.2 Å². The fourth-order valence-corrected chi connectivity index (χ4v) is 2.98. The molecule has 1 saturated heterocycles. The molecule has 3 rings (SSSR count). The van der Waals surface area contributed by atoms with Gasteiger partial charge in [-0.1, -0.05) is 23.5 Å². The Morgan fingerprint density at radius 1 is 1.41 bits per heavy atom. The Morgan fingerprint density at radius 3 is 3.09 bits per heavy atom. The van der Waals surface area contributed by atoms with E-state index in [0.29, 0.717) is 11.6 Å². The fraction of sp³-hybridized carbons (Fsp3) is 0.400. The van der Waals surface area contributed by atoms with Gasteiger partial charge < -0.3 is 14.6 Å². The summed E-state index contributed by atoms with van der Waals surface area (Å²) in [5.41, 5.74) is 0.985. The van der Waals surface area contributed by atoms with Crippen LogP contribution in [0.3, 0.4) is 0 Å². The molecule has 2 aromatic rings. The molecule has 6 nitrogen and oxygen atoms in total. The SMILES string of the molecule is O=C(O)c1cccc(-c2nnc(COC3CCCCO3)s2)c1. The number of aromatic nitrogens is 2. The largest absolute Gasteiger partial charge is 0.478 e. The van der Waals surface area contributed by atoms with Gasteiger partial charge >= 0.3 is 5.97 Å². The van der Waals surface area contributed by atoms with Crippen LogP contribution in [0.2, 0.25) is 0 Å². The quantitative estimate of drug-likeness (QED) is 0.912. The molecule has 1 aromatic carbocycles. The van der Waals surface area contributed by atoms with Gasteiger partial charge in [0.1, 0.15) is 16.6 Å². The summed E-state index contributed by atoms with van der Waals surface area (Å²) in [6.07, 6.45) is 2.96. The van der Waals surface area contributed by atoms with Crippen molar-refractivity contribution < 1.29 is 19.4 Å². The second kappa shape index (κ2) is 6.95. The summed E-state index contributed by atoms with van der Waals surface area (Å²) >= 11 is 1.40. The van der Waals surface area contributed by atoms with Crippen LogP contribution < -0.4 is 0 Å². The first-order valence-corrected chi connectivity index (χ1v) is 7.93. The average Bonchev–Trinajstić information content (AvgIpc) is 3.03. The van der Waals surface area contributed by atoms with Crippen LogP contribution in [0.1, 0.15) is 34.6 Å². The minimum absolute atomic E-state index is 0.156. The number of aromatic carboxylic acids is 1. The molecule has 0 radical (unpaired) electrons. The molecule has 0 aliphatic carbocycles. The van der Waals surface area contributed by atoms with Gasteiger partial charge in [-0.2, -0.15) is 0 Å². The topological polar surface area (TPSA) is 81.5 Å². The van der Waals surface area contributed by atoms with Gasteiger partial charge in [0, 0.05) is 12.2 Å². The summed E-state index contributed by atoms with van der Waals surface area (Å²) in [6.45, 7) is 1.11. The molecule has 22 heavy (non-hydrogen) atoms. The number of carbonyl (C=O) groups is 1. The van der Waals surface area contributed by atoms with Gasteiger partial charge in [-0.3, -0.25) is 0 Å². The number of nitrogens with zero attached hydrogens (tertiary/aromatic N) is 2. The summed E-state index contributed by atoms with van der Waals surface area (Å²) in [7, 11) is 0. The number of ether oxygens (including phenoxy) is 2. The smallest absolute Gasteiger partial charge is 0.335 e. The monoisotopic (exact) mass is 320 g/mol. The van der Waals surface area contributed by atoms with Crippen molar-refractivity contribution in [3.05, 3.63) is 34.8 Å². The molecule has 7 heteroatoms. The molecule has 1 aliphatic rings. The van der Waals surface area contributed by atoms with Crippen LogP contribution in [0.5, 0.6) is 0 Å². The van der Waals surface area contributed by atoms with Crippen molar-refractivity contribution in [3.8, 4) is 10.6 Å². The van der Waals surface area contributed by atoms with E-state index in [9.17, 15) is 4.79 Å². The molecule has 1 fully saturated rings. The molecule has 1 unspecified atom stereocenters. The molecule has 0 spiro atoms. The number of hydrogen-bond acceptors (Lipinski definition) is 6. The van der Waals surface area contributed by atoms with E-state index in [1.165, 1.54) is 11.3 Å². The normalized spacial score (nSPS) is 18.3. The van der Waals surface area contributed by atoms with Crippen molar-refractivity contribution in [1.82, 2.24) is 10.2 Å². The van der Waals surface area contributed by atoms with E-state index in [4.69, 9.17) is 14.6 Å². The van der Waals surface area contributed by atoms with Crippen molar-refractivity contribution in [1.29, 1.82) is 0 Å². The van der Waals surface area contributed by atoms with E-state index in [2.05, 4.69) is 10.2 Å².